The lowest BCUT2D eigenvalue weighted by molar-refractivity contribution is -0.119. The first-order valence-corrected chi connectivity index (χ1v) is 9.07. The maximum atomic E-state index is 12.4. The largest absolute Gasteiger partial charge is 0.352 e. The van der Waals surface area contributed by atoms with E-state index < -0.39 is 0 Å². The SMILES string of the molecule is CC(=O)NCc1ccc(C(=O)Nc2nc3c(s2)CCCCC3)cc1. The van der Waals surface area contributed by atoms with Crippen LogP contribution in [0.3, 0.4) is 0 Å². The fraction of sp³-hybridized carbons (Fsp3) is 0.389. The zero-order valence-electron chi connectivity index (χ0n) is 13.7. The molecule has 1 heterocycles. The van der Waals surface area contributed by atoms with E-state index in [4.69, 9.17) is 0 Å². The summed E-state index contributed by atoms with van der Waals surface area (Å²) >= 11 is 1.60. The van der Waals surface area contributed by atoms with Crippen molar-refractivity contribution in [2.75, 3.05) is 5.32 Å². The predicted octanol–water partition coefficient (Wildman–Crippen LogP) is 3.30. The molecule has 0 aliphatic heterocycles. The van der Waals surface area contributed by atoms with Crippen LogP contribution in [0.5, 0.6) is 0 Å². The predicted molar refractivity (Wildman–Crippen MR) is 95.3 cm³/mol. The molecule has 2 aromatic rings. The summed E-state index contributed by atoms with van der Waals surface area (Å²) in [7, 11) is 0. The van der Waals surface area contributed by atoms with Crippen LogP contribution in [0.1, 0.15) is 52.7 Å². The van der Waals surface area contributed by atoms with Crippen molar-refractivity contribution >= 4 is 28.3 Å². The van der Waals surface area contributed by atoms with Crippen molar-refractivity contribution in [3.05, 3.63) is 46.0 Å². The van der Waals surface area contributed by atoms with Gasteiger partial charge in [0.25, 0.3) is 5.91 Å². The zero-order chi connectivity index (χ0) is 16.9. The zero-order valence-corrected chi connectivity index (χ0v) is 14.5. The van der Waals surface area contributed by atoms with Gasteiger partial charge in [0.1, 0.15) is 0 Å². The van der Waals surface area contributed by atoms with Crippen LogP contribution in [-0.2, 0) is 24.2 Å². The van der Waals surface area contributed by atoms with Crippen molar-refractivity contribution in [1.82, 2.24) is 10.3 Å². The number of hydrogen-bond acceptors (Lipinski definition) is 4. The molecule has 0 atom stereocenters. The number of benzene rings is 1. The number of carbonyl (C=O) groups excluding carboxylic acids is 2. The van der Waals surface area contributed by atoms with Gasteiger partial charge in [0.05, 0.1) is 5.69 Å². The van der Waals surface area contributed by atoms with Crippen LogP contribution in [0.15, 0.2) is 24.3 Å². The molecule has 24 heavy (non-hydrogen) atoms. The van der Waals surface area contributed by atoms with Gasteiger partial charge in [-0.15, -0.1) is 11.3 Å². The normalized spacial score (nSPS) is 13.7. The smallest absolute Gasteiger partial charge is 0.257 e. The monoisotopic (exact) mass is 343 g/mol. The number of aromatic nitrogens is 1. The van der Waals surface area contributed by atoms with Crippen molar-refractivity contribution in [2.24, 2.45) is 0 Å². The second kappa shape index (κ2) is 7.57. The van der Waals surface area contributed by atoms with Crippen LogP contribution in [-0.4, -0.2) is 16.8 Å². The molecule has 2 amide bonds. The molecule has 5 nitrogen and oxygen atoms in total. The Kier molecular flexibility index (Phi) is 5.25. The average molecular weight is 343 g/mol. The van der Waals surface area contributed by atoms with Crippen LogP contribution in [0.25, 0.3) is 0 Å². The summed E-state index contributed by atoms with van der Waals surface area (Å²) in [6.07, 6.45) is 5.73. The molecule has 3 rings (SSSR count). The minimum atomic E-state index is -0.148. The number of rotatable bonds is 4. The van der Waals surface area contributed by atoms with Crippen LogP contribution >= 0.6 is 11.3 Å². The molecule has 0 radical (unpaired) electrons. The van der Waals surface area contributed by atoms with E-state index in [0.29, 0.717) is 17.2 Å². The quantitative estimate of drug-likeness (QED) is 0.837. The second-order valence-corrected chi connectivity index (χ2v) is 7.09. The molecule has 1 aromatic heterocycles. The number of anilines is 1. The lowest BCUT2D eigenvalue weighted by Gasteiger charge is -2.05. The Morgan fingerprint density at radius 1 is 1.12 bits per heavy atom. The fourth-order valence-electron chi connectivity index (χ4n) is 2.75. The van der Waals surface area contributed by atoms with E-state index in [1.807, 2.05) is 12.1 Å². The molecule has 0 unspecified atom stereocenters. The van der Waals surface area contributed by atoms with Gasteiger partial charge in [-0.1, -0.05) is 18.6 Å². The third kappa shape index (κ3) is 4.20. The van der Waals surface area contributed by atoms with E-state index in [0.717, 1.165) is 24.1 Å². The van der Waals surface area contributed by atoms with Crippen LogP contribution in [0.2, 0.25) is 0 Å². The van der Waals surface area contributed by atoms with E-state index in [9.17, 15) is 9.59 Å². The summed E-state index contributed by atoms with van der Waals surface area (Å²) in [5.41, 5.74) is 2.70. The molecule has 6 heteroatoms. The molecule has 0 saturated carbocycles. The molecule has 0 spiro atoms. The number of carbonyl (C=O) groups is 2. The fourth-order valence-corrected chi connectivity index (χ4v) is 3.80. The molecule has 1 aromatic carbocycles. The number of amides is 2. The third-order valence-corrected chi connectivity index (χ3v) is 5.15. The van der Waals surface area contributed by atoms with Gasteiger partial charge in [0.2, 0.25) is 5.91 Å². The number of fused-ring (bicyclic) bond motifs is 1. The van der Waals surface area contributed by atoms with Crippen molar-refractivity contribution in [1.29, 1.82) is 0 Å². The van der Waals surface area contributed by atoms with Gasteiger partial charge in [0, 0.05) is 23.9 Å². The summed E-state index contributed by atoms with van der Waals surface area (Å²) in [6.45, 7) is 1.95. The Morgan fingerprint density at radius 2 is 1.88 bits per heavy atom. The van der Waals surface area contributed by atoms with Gasteiger partial charge in [-0.05, 0) is 43.4 Å². The van der Waals surface area contributed by atoms with E-state index in [-0.39, 0.29) is 11.8 Å². The first-order valence-electron chi connectivity index (χ1n) is 8.25. The van der Waals surface area contributed by atoms with Gasteiger partial charge >= 0.3 is 0 Å². The van der Waals surface area contributed by atoms with Crippen LogP contribution < -0.4 is 10.6 Å². The highest BCUT2D eigenvalue weighted by atomic mass is 32.1. The van der Waals surface area contributed by atoms with Crippen molar-refractivity contribution in [2.45, 2.75) is 45.6 Å². The molecule has 0 bridgehead atoms. The molecule has 0 saturated heterocycles. The standard InChI is InChI=1S/C18H21N3O2S/c1-12(22)19-11-13-7-9-14(10-8-13)17(23)21-18-20-15-5-3-2-4-6-16(15)24-18/h7-10H,2-6,11H2,1H3,(H,19,22)(H,20,21,23). The molecular formula is C18H21N3O2S. The Balaban J connectivity index is 1.63. The molecule has 126 valence electrons. The molecule has 0 fully saturated rings. The maximum Gasteiger partial charge on any atom is 0.257 e. The number of thiazole rings is 1. The highest BCUT2D eigenvalue weighted by Crippen LogP contribution is 2.29. The highest BCUT2D eigenvalue weighted by molar-refractivity contribution is 7.15. The maximum absolute atomic E-state index is 12.4. The van der Waals surface area contributed by atoms with Crippen LogP contribution in [0, 0.1) is 0 Å². The van der Waals surface area contributed by atoms with Gasteiger partial charge in [-0.25, -0.2) is 4.98 Å². The van der Waals surface area contributed by atoms with Crippen molar-refractivity contribution in [3.8, 4) is 0 Å². The lowest BCUT2D eigenvalue weighted by Crippen LogP contribution is -2.19. The Labute approximate surface area is 145 Å². The summed E-state index contributed by atoms with van der Waals surface area (Å²) in [5.74, 6) is -0.217. The van der Waals surface area contributed by atoms with E-state index >= 15 is 0 Å². The third-order valence-electron chi connectivity index (χ3n) is 4.07. The first kappa shape index (κ1) is 16.6. The molecular weight excluding hydrogens is 322 g/mol. The van der Waals surface area contributed by atoms with Gasteiger partial charge < -0.3 is 5.32 Å². The van der Waals surface area contributed by atoms with Gasteiger partial charge in [-0.2, -0.15) is 0 Å². The van der Waals surface area contributed by atoms with Crippen LogP contribution in [0.4, 0.5) is 5.13 Å². The number of aryl methyl sites for hydroxylation is 2. The average Bonchev–Trinajstić information content (AvgIpc) is 2.81. The molecule has 1 aliphatic rings. The lowest BCUT2D eigenvalue weighted by atomic mass is 10.1. The minimum Gasteiger partial charge on any atom is -0.352 e. The van der Waals surface area contributed by atoms with Gasteiger partial charge in [-0.3, -0.25) is 14.9 Å². The van der Waals surface area contributed by atoms with E-state index in [1.165, 1.54) is 31.1 Å². The number of hydrogen-bond donors (Lipinski definition) is 2. The number of nitrogens with one attached hydrogen (secondary N) is 2. The molecule has 1 aliphatic carbocycles. The molecule has 2 N–H and O–H groups in total. The van der Waals surface area contributed by atoms with E-state index in [1.54, 1.807) is 23.5 Å². The Hall–Kier alpha value is -2.21. The number of nitrogens with zero attached hydrogens (tertiary/aromatic N) is 1. The summed E-state index contributed by atoms with van der Waals surface area (Å²) in [4.78, 5) is 29.2. The van der Waals surface area contributed by atoms with Gasteiger partial charge in [0.15, 0.2) is 5.13 Å². The summed E-state index contributed by atoms with van der Waals surface area (Å²) in [5, 5.41) is 6.33. The van der Waals surface area contributed by atoms with Crippen molar-refractivity contribution in [3.63, 3.8) is 0 Å². The first-order chi connectivity index (χ1) is 11.6. The van der Waals surface area contributed by atoms with Crippen molar-refractivity contribution < 1.29 is 9.59 Å². The Morgan fingerprint density at radius 3 is 2.62 bits per heavy atom. The second-order valence-electron chi connectivity index (χ2n) is 6.01. The Bertz CT molecular complexity index is 714. The minimum absolute atomic E-state index is 0.0691. The topological polar surface area (TPSA) is 71.1 Å². The summed E-state index contributed by atoms with van der Waals surface area (Å²) < 4.78 is 0. The highest BCUT2D eigenvalue weighted by Gasteiger charge is 2.16. The summed E-state index contributed by atoms with van der Waals surface area (Å²) in [6, 6.07) is 7.24. The van der Waals surface area contributed by atoms with E-state index in [2.05, 4.69) is 15.6 Å².